The van der Waals surface area contributed by atoms with Gasteiger partial charge < -0.3 is 10.1 Å². The summed E-state index contributed by atoms with van der Waals surface area (Å²) in [6, 6.07) is 13.8. The summed E-state index contributed by atoms with van der Waals surface area (Å²) in [5.41, 5.74) is 1.72. The average molecular weight is 374 g/mol. The van der Waals surface area contributed by atoms with E-state index in [4.69, 9.17) is 16.3 Å². The van der Waals surface area contributed by atoms with Crippen molar-refractivity contribution in [3.8, 4) is 0 Å². The van der Waals surface area contributed by atoms with Gasteiger partial charge in [-0.25, -0.2) is 4.39 Å². The summed E-state index contributed by atoms with van der Waals surface area (Å²) >= 11 is 6.16. The Balaban J connectivity index is 1.68. The van der Waals surface area contributed by atoms with Crippen LogP contribution in [-0.4, -0.2) is 25.7 Å². The van der Waals surface area contributed by atoms with Crippen LogP contribution in [0.2, 0.25) is 5.02 Å². The van der Waals surface area contributed by atoms with E-state index in [1.54, 1.807) is 18.2 Å². The molecule has 1 amide bonds. The molecular formula is C21H21ClFNO2. The van der Waals surface area contributed by atoms with Gasteiger partial charge in [0.25, 0.3) is 0 Å². The molecular weight excluding hydrogens is 353 g/mol. The number of halogens is 2. The van der Waals surface area contributed by atoms with Crippen molar-refractivity contribution in [3.63, 3.8) is 0 Å². The van der Waals surface area contributed by atoms with Crippen molar-refractivity contribution in [2.45, 2.75) is 18.3 Å². The number of amides is 1. The van der Waals surface area contributed by atoms with Gasteiger partial charge in [0, 0.05) is 36.3 Å². The van der Waals surface area contributed by atoms with Gasteiger partial charge in [0.05, 0.1) is 0 Å². The second-order valence-corrected chi connectivity index (χ2v) is 6.94. The zero-order chi connectivity index (χ0) is 18.4. The minimum atomic E-state index is -0.297. The van der Waals surface area contributed by atoms with Crippen molar-refractivity contribution < 1.29 is 13.9 Å². The van der Waals surface area contributed by atoms with Crippen LogP contribution in [0.1, 0.15) is 24.0 Å². The van der Waals surface area contributed by atoms with E-state index in [9.17, 15) is 9.18 Å². The first-order valence-corrected chi connectivity index (χ1v) is 9.01. The first-order valence-electron chi connectivity index (χ1n) is 8.63. The zero-order valence-corrected chi connectivity index (χ0v) is 15.1. The molecule has 0 aliphatic carbocycles. The molecule has 0 unspecified atom stereocenters. The SMILES string of the molecule is O=C(C=Cc1ccc(F)cc1)NCC1(c2cccc(Cl)c2)CCOCC1. The van der Waals surface area contributed by atoms with Gasteiger partial charge in [0.15, 0.2) is 0 Å². The molecule has 1 heterocycles. The second-order valence-electron chi connectivity index (χ2n) is 6.51. The lowest BCUT2D eigenvalue weighted by atomic mass is 9.74. The fourth-order valence-corrected chi connectivity index (χ4v) is 3.40. The van der Waals surface area contributed by atoms with E-state index in [-0.39, 0.29) is 17.1 Å². The fraction of sp³-hybridized carbons (Fsp3) is 0.286. The summed E-state index contributed by atoms with van der Waals surface area (Å²) in [4.78, 5) is 12.2. The van der Waals surface area contributed by atoms with E-state index in [1.807, 2.05) is 18.2 Å². The summed E-state index contributed by atoms with van der Waals surface area (Å²) in [6.45, 7) is 1.84. The standard InChI is InChI=1S/C21H21ClFNO2/c22-18-3-1-2-17(14-18)21(10-12-26-13-11-21)15-24-20(25)9-6-16-4-7-19(23)8-5-16/h1-9,14H,10-13,15H2,(H,24,25). The molecule has 26 heavy (non-hydrogen) atoms. The largest absolute Gasteiger partial charge is 0.381 e. The van der Waals surface area contributed by atoms with Gasteiger partial charge >= 0.3 is 0 Å². The normalized spacial score (nSPS) is 16.5. The van der Waals surface area contributed by atoms with E-state index >= 15 is 0 Å². The number of carbonyl (C=O) groups excluding carboxylic acids is 1. The lowest BCUT2D eigenvalue weighted by Crippen LogP contribution is -2.44. The number of nitrogens with one attached hydrogen (secondary N) is 1. The number of hydrogen-bond donors (Lipinski definition) is 1. The maximum atomic E-state index is 12.9. The molecule has 0 radical (unpaired) electrons. The highest BCUT2D eigenvalue weighted by Gasteiger charge is 2.34. The van der Waals surface area contributed by atoms with Crippen molar-refractivity contribution >= 4 is 23.6 Å². The average Bonchev–Trinajstić information content (AvgIpc) is 2.67. The predicted octanol–water partition coefficient (Wildman–Crippen LogP) is 4.36. The number of ether oxygens (including phenoxy) is 1. The molecule has 0 bridgehead atoms. The summed E-state index contributed by atoms with van der Waals surface area (Å²) in [6.07, 6.45) is 4.80. The van der Waals surface area contributed by atoms with Crippen molar-refractivity contribution in [1.29, 1.82) is 0 Å². The molecule has 0 aromatic heterocycles. The maximum absolute atomic E-state index is 12.9. The topological polar surface area (TPSA) is 38.3 Å². The predicted molar refractivity (Wildman–Crippen MR) is 102 cm³/mol. The highest BCUT2D eigenvalue weighted by Crippen LogP contribution is 2.35. The van der Waals surface area contributed by atoms with Crippen LogP contribution < -0.4 is 5.32 Å². The highest BCUT2D eigenvalue weighted by atomic mass is 35.5. The Labute approximate surface area is 157 Å². The Morgan fingerprint density at radius 2 is 1.92 bits per heavy atom. The summed E-state index contributed by atoms with van der Waals surface area (Å²) in [5, 5.41) is 3.68. The third-order valence-electron chi connectivity index (χ3n) is 4.79. The Morgan fingerprint density at radius 1 is 1.19 bits per heavy atom. The van der Waals surface area contributed by atoms with Crippen LogP contribution in [0, 0.1) is 5.82 Å². The number of rotatable bonds is 5. The fourth-order valence-electron chi connectivity index (χ4n) is 3.21. The van der Waals surface area contributed by atoms with Crippen LogP contribution in [0.4, 0.5) is 4.39 Å². The third kappa shape index (κ3) is 4.71. The van der Waals surface area contributed by atoms with Crippen molar-refractivity contribution in [2.24, 2.45) is 0 Å². The molecule has 1 fully saturated rings. The molecule has 3 nitrogen and oxygen atoms in total. The molecule has 1 aliphatic rings. The van der Waals surface area contributed by atoms with Crippen molar-refractivity contribution in [2.75, 3.05) is 19.8 Å². The molecule has 1 N–H and O–H groups in total. The van der Waals surface area contributed by atoms with Crippen molar-refractivity contribution in [1.82, 2.24) is 5.32 Å². The summed E-state index contributed by atoms with van der Waals surface area (Å²) in [7, 11) is 0. The monoisotopic (exact) mass is 373 g/mol. The van der Waals surface area contributed by atoms with Crippen LogP contribution in [-0.2, 0) is 14.9 Å². The number of hydrogen-bond acceptors (Lipinski definition) is 2. The van der Waals surface area contributed by atoms with Crippen LogP contribution in [0.15, 0.2) is 54.6 Å². The molecule has 136 valence electrons. The van der Waals surface area contributed by atoms with Crippen LogP contribution in [0.3, 0.4) is 0 Å². The molecule has 0 atom stereocenters. The molecule has 5 heteroatoms. The Kier molecular flexibility index (Phi) is 6.07. The Hall–Kier alpha value is -2.17. The Morgan fingerprint density at radius 3 is 2.62 bits per heavy atom. The van der Waals surface area contributed by atoms with Gasteiger partial charge in [0.1, 0.15) is 5.82 Å². The summed E-state index contributed by atoms with van der Waals surface area (Å²) in [5.74, 6) is -0.475. The molecule has 0 spiro atoms. The van der Waals surface area contributed by atoms with Gasteiger partial charge in [-0.2, -0.15) is 0 Å². The van der Waals surface area contributed by atoms with E-state index in [0.29, 0.717) is 24.8 Å². The van der Waals surface area contributed by atoms with E-state index in [0.717, 1.165) is 24.0 Å². The first-order chi connectivity index (χ1) is 12.6. The number of benzene rings is 2. The van der Waals surface area contributed by atoms with Gasteiger partial charge in [-0.1, -0.05) is 35.9 Å². The van der Waals surface area contributed by atoms with Crippen LogP contribution >= 0.6 is 11.6 Å². The molecule has 0 saturated carbocycles. The van der Waals surface area contributed by atoms with Gasteiger partial charge in [-0.15, -0.1) is 0 Å². The third-order valence-corrected chi connectivity index (χ3v) is 5.02. The summed E-state index contributed by atoms with van der Waals surface area (Å²) < 4.78 is 18.4. The molecule has 1 aliphatic heterocycles. The van der Waals surface area contributed by atoms with Crippen LogP contribution in [0.5, 0.6) is 0 Å². The second kappa shape index (κ2) is 8.47. The first kappa shape index (κ1) is 18.6. The van der Waals surface area contributed by atoms with Crippen LogP contribution in [0.25, 0.3) is 6.08 Å². The van der Waals surface area contributed by atoms with Gasteiger partial charge in [-0.3, -0.25) is 4.79 Å². The lowest BCUT2D eigenvalue weighted by Gasteiger charge is -2.38. The maximum Gasteiger partial charge on any atom is 0.244 e. The quantitative estimate of drug-likeness (QED) is 0.791. The molecule has 1 saturated heterocycles. The highest BCUT2D eigenvalue weighted by molar-refractivity contribution is 6.30. The van der Waals surface area contributed by atoms with Crippen molar-refractivity contribution in [3.05, 3.63) is 76.6 Å². The molecule has 2 aromatic carbocycles. The number of carbonyl (C=O) groups is 1. The molecule has 3 rings (SSSR count). The van der Waals surface area contributed by atoms with E-state index < -0.39 is 0 Å². The lowest BCUT2D eigenvalue weighted by molar-refractivity contribution is -0.116. The van der Waals surface area contributed by atoms with E-state index in [2.05, 4.69) is 11.4 Å². The smallest absolute Gasteiger partial charge is 0.244 e. The minimum absolute atomic E-state index is 0.178. The van der Waals surface area contributed by atoms with Gasteiger partial charge in [0.2, 0.25) is 5.91 Å². The minimum Gasteiger partial charge on any atom is -0.381 e. The Bertz CT molecular complexity index is 783. The zero-order valence-electron chi connectivity index (χ0n) is 14.4. The molecule has 2 aromatic rings. The van der Waals surface area contributed by atoms with E-state index in [1.165, 1.54) is 18.2 Å². The van der Waals surface area contributed by atoms with Gasteiger partial charge in [-0.05, 0) is 54.3 Å².